The van der Waals surface area contributed by atoms with Gasteiger partial charge >= 0.3 is 0 Å². The lowest BCUT2D eigenvalue weighted by molar-refractivity contribution is 0.231. The summed E-state index contributed by atoms with van der Waals surface area (Å²) in [5.74, 6) is 0.0697. The number of benzene rings is 1. The normalized spacial score (nSPS) is 10.5. The number of ether oxygens (including phenoxy) is 1. The van der Waals surface area contributed by atoms with Crippen LogP contribution >= 0.6 is 0 Å². The molecule has 0 amide bonds. The Bertz CT molecular complexity index is 281. The lowest BCUT2D eigenvalue weighted by atomic mass is 10.1. The van der Waals surface area contributed by atoms with Crippen LogP contribution in [0.15, 0.2) is 18.2 Å². The van der Waals surface area contributed by atoms with Crippen molar-refractivity contribution >= 4 is 0 Å². The van der Waals surface area contributed by atoms with Crippen molar-refractivity contribution in [3.63, 3.8) is 0 Å². The van der Waals surface area contributed by atoms with Crippen molar-refractivity contribution in [1.29, 1.82) is 0 Å². The maximum Gasteiger partial charge on any atom is 0.165 e. The molecule has 72 valence electrons. The molecule has 1 aromatic rings. The first-order valence-corrected chi connectivity index (χ1v) is 4.58. The third-order valence-corrected chi connectivity index (χ3v) is 1.77. The van der Waals surface area contributed by atoms with E-state index < -0.39 is 0 Å². The van der Waals surface area contributed by atoms with E-state index in [0.29, 0.717) is 5.75 Å². The zero-order valence-corrected chi connectivity index (χ0v) is 8.30. The zero-order valence-electron chi connectivity index (χ0n) is 8.30. The van der Waals surface area contributed by atoms with E-state index in [0.717, 1.165) is 12.0 Å². The Hall–Kier alpha value is -1.05. The van der Waals surface area contributed by atoms with Gasteiger partial charge in [0.15, 0.2) is 11.6 Å². The highest BCUT2D eigenvalue weighted by molar-refractivity contribution is 5.29. The number of halogens is 1. The van der Waals surface area contributed by atoms with Gasteiger partial charge in [-0.2, -0.15) is 0 Å². The fourth-order valence-electron chi connectivity index (χ4n) is 1.11. The van der Waals surface area contributed by atoms with Gasteiger partial charge in [-0.1, -0.05) is 13.0 Å². The molecule has 0 aliphatic heterocycles. The number of hydrogen-bond donors (Lipinski definition) is 0. The Morgan fingerprint density at radius 1 is 1.38 bits per heavy atom. The van der Waals surface area contributed by atoms with E-state index >= 15 is 0 Å². The van der Waals surface area contributed by atoms with Crippen molar-refractivity contribution in [2.45, 2.75) is 33.3 Å². The second kappa shape index (κ2) is 4.26. The summed E-state index contributed by atoms with van der Waals surface area (Å²) in [6.07, 6.45) is 0.862. The third kappa shape index (κ3) is 2.72. The van der Waals surface area contributed by atoms with Crippen LogP contribution in [0, 0.1) is 5.82 Å². The van der Waals surface area contributed by atoms with E-state index in [1.165, 1.54) is 6.07 Å². The molecule has 0 atom stereocenters. The van der Waals surface area contributed by atoms with Gasteiger partial charge in [0.2, 0.25) is 0 Å². The highest BCUT2D eigenvalue weighted by Gasteiger charge is 2.05. The van der Waals surface area contributed by atoms with E-state index in [1.54, 1.807) is 6.07 Å². The molecule has 0 saturated heterocycles. The van der Waals surface area contributed by atoms with Crippen LogP contribution in [0.1, 0.15) is 26.3 Å². The molecule has 13 heavy (non-hydrogen) atoms. The first-order valence-electron chi connectivity index (χ1n) is 4.58. The van der Waals surface area contributed by atoms with Crippen LogP contribution < -0.4 is 4.74 Å². The van der Waals surface area contributed by atoms with E-state index in [4.69, 9.17) is 4.74 Å². The smallest absolute Gasteiger partial charge is 0.165 e. The van der Waals surface area contributed by atoms with Crippen LogP contribution in [0.4, 0.5) is 4.39 Å². The quantitative estimate of drug-likeness (QED) is 0.697. The number of hydrogen-bond acceptors (Lipinski definition) is 1. The molecule has 0 heterocycles. The molecule has 0 aromatic heterocycles. The van der Waals surface area contributed by atoms with Gasteiger partial charge in [-0.15, -0.1) is 0 Å². The van der Waals surface area contributed by atoms with E-state index in [2.05, 4.69) is 0 Å². The summed E-state index contributed by atoms with van der Waals surface area (Å²) in [6.45, 7) is 5.76. The molecule has 0 radical (unpaired) electrons. The van der Waals surface area contributed by atoms with Gasteiger partial charge in [0.05, 0.1) is 6.10 Å². The average Bonchev–Trinajstić information content (AvgIpc) is 2.08. The van der Waals surface area contributed by atoms with Crippen molar-refractivity contribution in [2.24, 2.45) is 0 Å². The molecule has 0 bridgehead atoms. The maximum absolute atomic E-state index is 13.3. The summed E-state index contributed by atoms with van der Waals surface area (Å²) >= 11 is 0. The number of rotatable bonds is 3. The molecule has 0 aliphatic rings. The molecule has 1 rings (SSSR count). The van der Waals surface area contributed by atoms with Crippen LogP contribution in [-0.4, -0.2) is 6.10 Å². The lowest BCUT2D eigenvalue weighted by Gasteiger charge is -2.10. The Labute approximate surface area is 78.5 Å². The first kappa shape index (κ1) is 10.0. The molecular formula is C11H15FO. The molecule has 1 aromatic carbocycles. The minimum absolute atomic E-state index is 0.0157. The molecule has 0 spiro atoms. The van der Waals surface area contributed by atoms with Crippen molar-refractivity contribution < 1.29 is 9.13 Å². The molecule has 2 heteroatoms. The maximum atomic E-state index is 13.3. The summed E-state index contributed by atoms with van der Waals surface area (Å²) < 4.78 is 18.5. The molecule has 0 unspecified atom stereocenters. The molecule has 0 fully saturated rings. The van der Waals surface area contributed by atoms with E-state index in [9.17, 15) is 4.39 Å². The Kier molecular flexibility index (Phi) is 3.29. The fourth-order valence-corrected chi connectivity index (χ4v) is 1.11. The lowest BCUT2D eigenvalue weighted by Crippen LogP contribution is -2.07. The van der Waals surface area contributed by atoms with Crippen LogP contribution in [-0.2, 0) is 6.42 Å². The molecule has 1 nitrogen and oxygen atoms in total. The minimum atomic E-state index is -0.270. The zero-order chi connectivity index (χ0) is 9.84. The second-order valence-corrected chi connectivity index (χ2v) is 3.28. The van der Waals surface area contributed by atoms with Crippen molar-refractivity contribution in [3.8, 4) is 5.75 Å². The van der Waals surface area contributed by atoms with Crippen LogP contribution in [0.3, 0.4) is 0 Å². The highest BCUT2D eigenvalue weighted by Crippen LogP contribution is 2.19. The van der Waals surface area contributed by atoms with Gasteiger partial charge in [-0.25, -0.2) is 4.39 Å². The van der Waals surface area contributed by atoms with Crippen molar-refractivity contribution in [2.75, 3.05) is 0 Å². The molecular weight excluding hydrogens is 167 g/mol. The van der Waals surface area contributed by atoms with Gasteiger partial charge in [-0.3, -0.25) is 0 Å². The Balaban J connectivity index is 2.85. The molecule has 0 aliphatic carbocycles. The second-order valence-electron chi connectivity index (χ2n) is 3.28. The van der Waals surface area contributed by atoms with Gasteiger partial charge in [0, 0.05) is 0 Å². The minimum Gasteiger partial charge on any atom is -0.488 e. The summed E-state index contributed by atoms with van der Waals surface area (Å²) in [6, 6.07) is 5.10. The van der Waals surface area contributed by atoms with Gasteiger partial charge in [-0.05, 0) is 38.0 Å². The van der Waals surface area contributed by atoms with Crippen molar-refractivity contribution in [1.82, 2.24) is 0 Å². The predicted molar refractivity (Wildman–Crippen MR) is 51.5 cm³/mol. The summed E-state index contributed by atoms with van der Waals surface area (Å²) in [4.78, 5) is 0. The largest absolute Gasteiger partial charge is 0.488 e. The third-order valence-electron chi connectivity index (χ3n) is 1.77. The molecule has 0 N–H and O–H groups in total. The van der Waals surface area contributed by atoms with Crippen LogP contribution in [0.5, 0.6) is 5.75 Å². The number of aryl methyl sites for hydroxylation is 1. The van der Waals surface area contributed by atoms with Gasteiger partial charge in [0.25, 0.3) is 0 Å². The van der Waals surface area contributed by atoms with Crippen LogP contribution in [0.2, 0.25) is 0 Å². The predicted octanol–water partition coefficient (Wildman–Crippen LogP) is 3.18. The average molecular weight is 182 g/mol. The van der Waals surface area contributed by atoms with Gasteiger partial charge < -0.3 is 4.74 Å². The van der Waals surface area contributed by atoms with E-state index in [-0.39, 0.29) is 11.9 Å². The summed E-state index contributed by atoms with van der Waals surface area (Å²) in [7, 11) is 0. The summed E-state index contributed by atoms with van der Waals surface area (Å²) in [5, 5.41) is 0. The van der Waals surface area contributed by atoms with Crippen molar-refractivity contribution in [3.05, 3.63) is 29.6 Å². The van der Waals surface area contributed by atoms with Gasteiger partial charge in [0.1, 0.15) is 0 Å². The first-order chi connectivity index (χ1) is 6.13. The Morgan fingerprint density at radius 2 is 2.08 bits per heavy atom. The highest BCUT2D eigenvalue weighted by atomic mass is 19.1. The Morgan fingerprint density at radius 3 is 2.54 bits per heavy atom. The fraction of sp³-hybridized carbons (Fsp3) is 0.455. The SMILES string of the molecule is CCc1ccc(OC(C)C)c(F)c1. The summed E-state index contributed by atoms with van der Waals surface area (Å²) in [5.41, 5.74) is 0.994. The standard InChI is InChI=1S/C11H15FO/c1-4-9-5-6-11(10(12)7-9)13-8(2)3/h5-8H,4H2,1-3H3. The van der Waals surface area contributed by atoms with Crippen LogP contribution in [0.25, 0.3) is 0 Å². The molecule has 0 saturated carbocycles. The monoisotopic (exact) mass is 182 g/mol. The topological polar surface area (TPSA) is 9.23 Å². The van der Waals surface area contributed by atoms with E-state index in [1.807, 2.05) is 26.8 Å².